The van der Waals surface area contributed by atoms with Gasteiger partial charge in [0.25, 0.3) is 11.8 Å². The van der Waals surface area contributed by atoms with Crippen molar-refractivity contribution in [3.05, 3.63) is 70.8 Å². The number of hydrogen-bond acceptors (Lipinski definition) is 6. The standard InChI is InChI=1S/C34H40N2O6/c1-19(2)21-13-11-14-22(20(3)4)28(21)36-29(37)24-16-12-15-23-26(18-17-25(27(23)24)30(36)38)35(31(39)41-33(5,6)7)32(40)42-34(8,9)10/h11-20H,1-10H3. The van der Waals surface area contributed by atoms with Crippen LogP contribution in [0.1, 0.15) is 113 Å². The van der Waals surface area contributed by atoms with Crippen LogP contribution in [0.2, 0.25) is 0 Å². The number of ether oxygens (including phenoxy) is 2. The molecule has 8 nitrogen and oxygen atoms in total. The summed E-state index contributed by atoms with van der Waals surface area (Å²) in [5.41, 5.74) is 1.36. The van der Waals surface area contributed by atoms with Gasteiger partial charge in [-0.05, 0) is 82.7 Å². The molecule has 1 aliphatic heterocycles. The summed E-state index contributed by atoms with van der Waals surface area (Å²) in [4.78, 5) is 57.3. The lowest BCUT2D eigenvalue weighted by atomic mass is 9.88. The van der Waals surface area contributed by atoms with E-state index in [1.54, 1.807) is 65.8 Å². The Labute approximate surface area is 247 Å². The van der Waals surface area contributed by atoms with Crippen LogP contribution in [-0.2, 0) is 9.47 Å². The molecule has 4 rings (SSSR count). The molecule has 3 aromatic carbocycles. The zero-order valence-electron chi connectivity index (χ0n) is 26.1. The molecule has 42 heavy (non-hydrogen) atoms. The second-order valence-electron chi connectivity index (χ2n) is 13.2. The number of amides is 4. The lowest BCUT2D eigenvalue weighted by Gasteiger charge is -2.33. The number of carbonyl (C=O) groups is 4. The number of rotatable bonds is 4. The Balaban J connectivity index is 1.95. The molecule has 0 unspecified atom stereocenters. The van der Waals surface area contributed by atoms with Gasteiger partial charge in [0.2, 0.25) is 0 Å². The summed E-state index contributed by atoms with van der Waals surface area (Å²) < 4.78 is 11.1. The maximum atomic E-state index is 14.2. The van der Waals surface area contributed by atoms with E-state index in [0.29, 0.717) is 27.6 Å². The Bertz CT molecular complexity index is 1510. The number of carbonyl (C=O) groups excluding carboxylic acids is 4. The van der Waals surface area contributed by atoms with Crippen LogP contribution in [0.3, 0.4) is 0 Å². The second-order valence-corrected chi connectivity index (χ2v) is 13.2. The molecule has 1 aliphatic rings. The highest BCUT2D eigenvalue weighted by Gasteiger charge is 2.39. The topological polar surface area (TPSA) is 93.2 Å². The van der Waals surface area contributed by atoms with Gasteiger partial charge in [0.05, 0.1) is 11.4 Å². The predicted octanol–water partition coefficient (Wildman–Crippen LogP) is 8.56. The van der Waals surface area contributed by atoms with Crippen LogP contribution in [0, 0.1) is 0 Å². The molecule has 222 valence electrons. The molecule has 0 spiro atoms. The van der Waals surface area contributed by atoms with Crippen molar-refractivity contribution >= 4 is 46.1 Å². The first-order valence-corrected chi connectivity index (χ1v) is 14.3. The summed E-state index contributed by atoms with van der Waals surface area (Å²) in [6, 6.07) is 14.0. The van der Waals surface area contributed by atoms with Gasteiger partial charge in [-0.15, -0.1) is 0 Å². The van der Waals surface area contributed by atoms with Crippen molar-refractivity contribution in [1.29, 1.82) is 0 Å². The molecule has 4 amide bonds. The third kappa shape index (κ3) is 5.75. The minimum absolute atomic E-state index is 0.0649. The van der Waals surface area contributed by atoms with Crippen molar-refractivity contribution in [2.75, 3.05) is 9.80 Å². The van der Waals surface area contributed by atoms with Crippen molar-refractivity contribution in [3.8, 4) is 0 Å². The van der Waals surface area contributed by atoms with Gasteiger partial charge in [-0.1, -0.05) is 58.0 Å². The summed E-state index contributed by atoms with van der Waals surface area (Å²) in [6.45, 7) is 18.3. The van der Waals surface area contributed by atoms with Crippen molar-refractivity contribution < 1.29 is 28.7 Å². The number of para-hydroxylation sites is 1. The molecule has 1 heterocycles. The number of anilines is 2. The summed E-state index contributed by atoms with van der Waals surface area (Å²) in [6.07, 6.45) is -1.86. The van der Waals surface area contributed by atoms with Crippen molar-refractivity contribution in [3.63, 3.8) is 0 Å². The van der Waals surface area contributed by atoms with E-state index in [9.17, 15) is 19.2 Å². The fraction of sp³-hybridized carbons (Fsp3) is 0.412. The molecular weight excluding hydrogens is 532 g/mol. The summed E-state index contributed by atoms with van der Waals surface area (Å²) in [5, 5.41) is 0.746. The molecular formula is C34H40N2O6. The maximum absolute atomic E-state index is 14.2. The zero-order chi connectivity index (χ0) is 31.3. The van der Waals surface area contributed by atoms with Crippen LogP contribution in [-0.4, -0.2) is 35.2 Å². The van der Waals surface area contributed by atoms with E-state index in [1.165, 1.54) is 11.0 Å². The van der Waals surface area contributed by atoms with Gasteiger partial charge in [0.15, 0.2) is 0 Å². The number of nitrogens with zero attached hydrogens (tertiary/aromatic N) is 2. The van der Waals surface area contributed by atoms with Gasteiger partial charge in [0.1, 0.15) is 11.2 Å². The zero-order valence-corrected chi connectivity index (χ0v) is 26.1. The van der Waals surface area contributed by atoms with Crippen LogP contribution in [0.4, 0.5) is 21.0 Å². The number of benzene rings is 3. The molecule has 0 fully saturated rings. The predicted molar refractivity (Wildman–Crippen MR) is 165 cm³/mol. The minimum Gasteiger partial charge on any atom is -0.443 e. The highest BCUT2D eigenvalue weighted by Crippen LogP contribution is 2.42. The molecule has 8 heteroatoms. The van der Waals surface area contributed by atoms with Crippen molar-refractivity contribution in [2.24, 2.45) is 0 Å². The quantitative estimate of drug-likeness (QED) is 0.291. The SMILES string of the molecule is CC(C)c1cccc(C(C)C)c1N1C(=O)c2cccc3c(N(C(=O)OC(C)(C)C)C(=O)OC(C)(C)C)ccc(c23)C1=O. The van der Waals surface area contributed by atoms with Gasteiger partial charge in [-0.2, -0.15) is 4.90 Å². The molecule has 0 N–H and O–H groups in total. The molecule has 0 saturated heterocycles. The lowest BCUT2D eigenvalue weighted by molar-refractivity contribution is 0.0430. The third-order valence-corrected chi connectivity index (χ3v) is 6.84. The summed E-state index contributed by atoms with van der Waals surface area (Å²) >= 11 is 0. The van der Waals surface area contributed by atoms with E-state index < -0.39 is 35.2 Å². The first-order chi connectivity index (χ1) is 19.4. The van der Waals surface area contributed by atoms with E-state index in [0.717, 1.165) is 16.0 Å². The van der Waals surface area contributed by atoms with Gasteiger partial charge >= 0.3 is 12.2 Å². The fourth-order valence-electron chi connectivity index (χ4n) is 5.14. The van der Waals surface area contributed by atoms with Crippen LogP contribution in [0.15, 0.2) is 48.5 Å². The van der Waals surface area contributed by atoms with Gasteiger partial charge in [-0.3, -0.25) is 9.59 Å². The van der Waals surface area contributed by atoms with E-state index in [1.807, 2.05) is 45.9 Å². The normalized spacial score (nSPS) is 13.7. The molecule has 3 aromatic rings. The Morgan fingerprint density at radius 1 is 0.690 bits per heavy atom. The maximum Gasteiger partial charge on any atom is 0.424 e. The number of imide groups is 2. The van der Waals surface area contributed by atoms with Gasteiger partial charge in [-0.25, -0.2) is 14.5 Å². The van der Waals surface area contributed by atoms with E-state index in [-0.39, 0.29) is 17.5 Å². The van der Waals surface area contributed by atoms with Crippen LogP contribution in [0.25, 0.3) is 10.8 Å². The van der Waals surface area contributed by atoms with E-state index in [2.05, 4.69) is 0 Å². The Morgan fingerprint density at radius 2 is 1.14 bits per heavy atom. The summed E-state index contributed by atoms with van der Waals surface area (Å²) in [5.74, 6) is -0.803. The molecule has 0 saturated carbocycles. The smallest absolute Gasteiger partial charge is 0.424 e. The highest BCUT2D eigenvalue weighted by molar-refractivity contribution is 6.37. The Kier molecular flexibility index (Phi) is 7.98. The third-order valence-electron chi connectivity index (χ3n) is 6.84. The largest absolute Gasteiger partial charge is 0.443 e. The van der Waals surface area contributed by atoms with Crippen LogP contribution < -0.4 is 9.80 Å². The van der Waals surface area contributed by atoms with Crippen LogP contribution in [0.5, 0.6) is 0 Å². The summed E-state index contributed by atoms with van der Waals surface area (Å²) in [7, 11) is 0. The molecule has 0 aliphatic carbocycles. The first-order valence-electron chi connectivity index (χ1n) is 14.3. The average molecular weight is 573 g/mol. The molecule has 0 radical (unpaired) electrons. The molecule has 0 aromatic heterocycles. The van der Waals surface area contributed by atoms with E-state index >= 15 is 0 Å². The monoisotopic (exact) mass is 572 g/mol. The Morgan fingerprint density at radius 3 is 1.60 bits per heavy atom. The highest BCUT2D eigenvalue weighted by atomic mass is 16.6. The van der Waals surface area contributed by atoms with Crippen molar-refractivity contribution in [1.82, 2.24) is 0 Å². The van der Waals surface area contributed by atoms with Crippen LogP contribution >= 0.6 is 0 Å². The fourth-order valence-corrected chi connectivity index (χ4v) is 5.14. The van der Waals surface area contributed by atoms with Gasteiger partial charge < -0.3 is 9.47 Å². The Hall–Kier alpha value is -4.20. The average Bonchev–Trinajstić information content (AvgIpc) is 2.85. The van der Waals surface area contributed by atoms with Crippen molar-refractivity contribution in [2.45, 2.75) is 92.3 Å². The van der Waals surface area contributed by atoms with E-state index in [4.69, 9.17) is 9.47 Å². The minimum atomic E-state index is -0.931. The van der Waals surface area contributed by atoms with Gasteiger partial charge in [0, 0.05) is 21.9 Å². The molecule has 0 atom stereocenters. The lowest BCUT2D eigenvalue weighted by Crippen LogP contribution is -2.44. The number of hydrogen-bond donors (Lipinski definition) is 0. The second kappa shape index (κ2) is 10.9. The molecule has 0 bridgehead atoms. The first kappa shape index (κ1) is 30.8.